The number of rotatable bonds is 1. The van der Waals surface area contributed by atoms with Crippen LogP contribution in [0.1, 0.15) is 20.3 Å². The monoisotopic (exact) mass is 200 g/mol. The molecule has 0 bridgehead atoms. The van der Waals surface area contributed by atoms with Gasteiger partial charge >= 0.3 is 0 Å². The van der Waals surface area contributed by atoms with E-state index in [1.165, 1.54) is 31.8 Å². The quantitative estimate of drug-likeness (QED) is 0.684. The van der Waals surface area contributed by atoms with Gasteiger partial charge in [-0.05, 0) is 19.1 Å². The summed E-state index contributed by atoms with van der Waals surface area (Å²) in [7, 11) is 0. The fraction of sp³-hybridized carbons (Fsp3) is 1.00. The molecule has 0 aromatic carbocycles. The van der Waals surface area contributed by atoms with Gasteiger partial charge in [-0.15, -0.1) is 0 Å². The number of piperazine rings is 1. The third kappa shape index (κ3) is 2.20. The van der Waals surface area contributed by atoms with Gasteiger partial charge in [0, 0.05) is 37.0 Å². The van der Waals surface area contributed by atoms with Gasteiger partial charge in [-0.3, -0.25) is 4.90 Å². The smallest absolute Gasteiger partial charge is 0.0221 e. The summed E-state index contributed by atoms with van der Waals surface area (Å²) in [5.74, 6) is 1.37. The van der Waals surface area contributed by atoms with E-state index >= 15 is 0 Å². The average molecular weight is 200 g/mol. The van der Waals surface area contributed by atoms with E-state index in [2.05, 4.69) is 35.8 Å². The van der Waals surface area contributed by atoms with Crippen molar-refractivity contribution in [2.24, 2.45) is 0 Å². The molecule has 0 aromatic rings. The lowest BCUT2D eigenvalue weighted by atomic mass is 10.1. The van der Waals surface area contributed by atoms with Crippen LogP contribution in [-0.4, -0.2) is 47.6 Å². The molecule has 0 aliphatic carbocycles. The fourth-order valence-electron chi connectivity index (χ4n) is 2.46. The number of nitrogens with one attached hydrogen (secondary N) is 1. The molecule has 0 aromatic heterocycles. The SMILES string of the molecule is CC1CN(C2CCSC2C)CCN1. The number of nitrogens with zero attached hydrogens (tertiary/aromatic N) is 1. The Balaban J connectivity index is 1.91. The van der Waals surface area contributed by atoms with Gasteiger partial charge in [0.15, 0.2) is 0 Å². The van der Waals surface area contributed by atoms with Crippen molar-refractivity contribution >= 4 is 11.8 Å². The minimum Gasteiger partial charge on any atom is -0.312 e. The fourth-order valence-corrected chi connectivity index (χ4v) is 3.74. The van der Waals surface area contributed by atoms with Crippen LogP contribution in [0.2, 0.25) is 0 Å². The van der Waals surface area contributed by atoms with Gasteiger partial charge in [-0.2, -0.15) is 11.8 Å². The van der Waals surface area contributed by atoms with Crippen LogP contribution < -0.4 is 5.32 Å². The van der Waals surface area contributed by atoms with Crippen LogP contribution in [0.5, 0.6) is 0 Å². The normalized spacial score (nSPS) is 42.5. The summed E-state index contributed by atoms with van der Waals surface area (Å²) in [6.45, 7) is 8.35. The van der Waals surface area contributed by atoms with E-state index in [1.807, 2.05) is 0 Å². The Morgan fingerprint density at radius 1 is 1.38 bits per heavy atom. The van der Waals surface area contributed by atoms with Gasteiger partial charge in [-0.1, -0.05) is 6.92 Å². The van der Waals surface area contributed by atoms with Crippen molar-refractivity contribution in [1.29, 1.82) is 0 Å². The van der Waals surface area contributed by atoms with Crippen LogP contribution in [0.25, 0.3) is 0 Å². The molecule has 2 nitrogen and oxygen atoms in total. The number of thioether (sulfide) groups is 1. The molecule has 1 N–H and O–H groups in total. The summed E-state index contributed by atoms with van der Waals surface area (Å²) >= 11 is 2.14. The summed E-state index contributed by atoms with van der Waals surface area (Å²) in [6.07, 6.45) is 1.40. The Hall–Kier alpha value is 0.270. The Morgan fingerprint density at radius 3 is 2.85 bits per heavy atom. The molecule has 0 saturated carbocycles. The zero-order valence-corrected chi connectivity index (χ0v) is 9.44. The highest BCUT2D eigenvalue weighted by molar-refractivity contribution is 8.00. The molecule has 2 saturated heterocycles. The molecular weight excluding hydrogens is 180 g/mol. The maximum absolute atomic E-state index is 3.50. The van der Waals surface area contributed by atoms with E-state index in [0.29, 0.717) is 6.04 Å². The van der Waals surface area contributed by atoms with Crippen molar-refractivity contribution in [3.8, 4) is 0 Å². The van der Waals surface area contributed by atoms with Crippen LogP contribution >= 0.6 is 11.8 Å². The van der Waals surface area contributed by atoms with Crippen molar-refractivity contribution in [3.63, 3.8) is 0 Å². The Kier molecular flexibility index (Phi) is 3.17. The molecule has 2 fully saturated rings. The Bertz CT molecular complexity index is 174. The van der Waals surface area contributed by atoms with E-state index in [1.54, 1.807) is 0 Å². The molecule has 3 heteroatoms. The van der Waals surface area contributed by atoms with E-state index < -0.39 is 0 Å². The van der Waals surface area contributed by atoms with E-state index in [4.69, 9.17) is 0 Å². The summed E-state index contributed by atoms with van der Waals surface area (Å²) in [4.78, 5) is 2.69. The molecule has 2 aliphatic rings. The second-order valence-corrected chi connectivity index (χ2v) is 5.77. The van der Waals surface area contributed by atoms with E-state index in [0.717, 1.165) is 11.3 Å². The lowest BCUT2D eigenvalue weighted by molar-refractivity contribution is 0.149. The molecule has 3 atom stereocenters. The molecule has 0 spiro atoms. The van der Waals surface area contributed by atoms with Gasteiger partial charge in [0.05, 0.1) is 0 Å². The van der Waals surface area contributed by atoms with Gasteiger partial charge in [0.25, 0.3) is 0 Å². The standard InChI is InChI=1S/C10H20N2S/c1-8-7-12(5-4-11-8)10-3-6-13-9(10)2/h8-11H,3-7H2,1-2H3. The van der Waals surface area contributed by atoms with E-state index in [-0.39, 0.29) is 0 Å². The number of hydrogen-bond donors (Lipinski definition) is 1. The first-order valence-electron chi connectivity index (χ1n) is 5.36. The molecule has 3 unspecified atom stereocenters. The first-order valence-corrected chi connectivity index (χ1v) is 6.41. The van der Waals surface area contributed by atoms with Crippen molar-refractivity contribution in [2.75, 3.05) is 25.4 Å². The molecule has 0 radical (unpaired) electrons. The highest BCUT2D eigenvalue weighted by atomic mass is 32.2. The zero-order chi connectivity index (χ0) is 9.26. The van der Waals surface area contributed by atoms with Crippen LogP contribution in [0.15, 0.2) is 0 Å². The van der Waals surface area contributed by atoms with Crippen molar-refractivity contribution in [3.05, 3.63) is 0 Å². The highest BCUT2D eigenvalue weighted by Gasteiger charge is 2.31. The molecular formula is C10H20N2S. The third-order valence-electron chi connectivity index (χ3n) is 3.21. The lowest BCUT2D eigenvalue weighted by Gasteiger charge is -2.37. The predicted molar refractivity (Wildman–Crippen MR) is 59.4 cm³/mol. The first kappa shape index (κ1) is 9.81. The predicted octanol–water partition coefficient (Wildman–Crippen LogP) is 1.17. The molecule has 2 rings (SSSR count). The van der Waals surface area contributed by atoms with Gasteiger partial charge < -0.3 is 5.32 Å². The van der Waals surface area contributed by atoms with E-state index in [9.17, 15) is 0 Å². The maximum atomic E-state index is 3.50. The number of hydrogen-bond acceptors (Lipinski definition) is 3. The summed E-state index contributed by atoms with van der Waals surface area (Å²) in [5.41, 5.74) is 0. The van der Waals surface area contributed by atoms with Crippen LogP contribution in [0, 0.1) is 0 Å². The van der Waals surface area contributed by atoms with Gasteiger partial charge in [-0.25, -0.2) is 0 Å². The molecule has 2 aliphatic heterocycles. The Morgan fingerprint density at radius 2 is 2.23 bits per heavy atom. The molecule has 2 heterocycles. The van der Waals surface area contributed by atoms with Crippen molar-refractivity contribution in [1.82, 2.24) is 10.2 Å². The summed E-state index contributed by atoms with van der Waals surface area (Å²) in [5, 5.41) is 4.35. The van der Waals surface area contributed by atoms with Gasteiger partial charge in [0.2, 0.25) is 0 Å². The van der Waals surface area contributed by atoms with Crippen molar-refractivity contribution in [2.45, 2.75) is 37.6 Å². The summed E-state index contributed by atoms with van der Waals surface area (Å²) < 4.78 is 0. The van der Waals surface area contributed by atoms with Crippen LogP contribution in [0.4, 0.5) is 0 Å². The summed E-state index contributed by atoms with van der Waals surface area (Å²) in [6, 6.07) is 1.54. The maximum Gasteiger partial charge on any atom is 0.0221 e. The first-order chi connectivity index (χ1) is 6.27. The Labute approximate surface area is 85.4 Å². The second kappa shape index (κ2) is 4.20. The van der Waals surface area contributed by atoms with Gasteiger partial charge in [0.1, 0.15) is 0 Å². The second-order valence-electron chi connectivity index (χ2n) is 4.28. The van der Waals surface area contributed by atoms with Crippen LogP contribution in [-0.2, 0) is 0 Å². The highest BCUT2D eigenvalue weighted by Crippen LogP contribution is 2.30. The third-order valence-corrected chi connectivity index (χ3v) is 4.52. The molecule has 0 amide bonds. The topological polar surface area (TPSA) is 15.3 Å². The lowest BCUT2D eigenvalue weighted by Crippen LogP contribution is -2.54. The molecule has 13 heavy (non-hydrogen) atoms. The average Bonchev–Trinajstić information content (AvgIpc) is 2.51. The molecule has 76 valence electrons. The van der Waals surface area contributed by atoms with Crippen LogP contribution in [0.3, 0.4) is 0 Å². The zero-order valence-electron chi connectivity index (χ0n) is 8.62. The minimum absolute atomic E-state index is 0.687. The largest absolute Gasteiger partial charge is 0.312 e. The minimum atomic E-state index is 0.687. The van der Waals surface area contributed by atoms with Crippen molar-refractivity contribution < 1.29 is 0 Å².